The minimum absolute atomic E-state index is 0.232. The number of rotatable bonds is 1. The molecule has 0 aliphatic carbocycles. The first-order chi connectivity index (χ1) is 9.42. The maximum Gasteiger partial charge on any atom is 0.411 e. The summed E-state index contributed by atoms with van der Waals surface area (Å²) in [7, 11) is 0. The van der Waals surface area contributed by atoms with E-state index in [1.165, 1.54) is 0 Å². The number of fused-ring (bicyclic) bond motifs is 1. The lowest BCUT2D eigenvalue weighted by atomic mass is 10.2. The van der Waals surface area contributed by atoms with Gasteiger partial charge in [0.05, 0.1) is 19.1 Å². The fraction of sp³-hybridized carbons (Fsp3) is 0.714. The van der Waals surface area contributed by atoms with Gasteiger partial charge in [0.2, 0.25) is 5.89 Å². The summed E-state index contributed by atoms with van der Waals surface area (Å²) in [6.07, 6.45) is 1.91. The van der Waals surface area contributed by atoms with Gasteiger partial charge in [-0.1, -0.05) is 0 Å². The summed E-state index contributed by atoms with van der Waals surface area (Å²) >= 11 is 0. The Balaban J connectivity index is 1.65. The predicted molar refractivity (Wildman–Crippen MR) is 72.0 cm³/mol. The van der Waals surface area contributed by atoms with Crippen LogP contribution in [-0.2, 0) is 17.8 Å². The van der Waals surface area contributed by atoms with Crippen LogP contribution in [0.2, 0.25) is 0 Å². The van der Waals surface area contributed by atoms with Crippen molar-refractivity contribution in [3.63, 3.8) is 0 Å². The van der Waals surface area contributed by atoms with Crippen LogP contribution < -0.4 is 5.32 Å². The Labute approximate surface area is 118 Å². The molecule has 0 aromatic carbocycles. The Morgan fingerprint density at radius 3 is 2.85 bits per heavy atom. The lowest BCUT2D eigenvalue weighted by Crippen LogP contribution is -2.33. The van der Waals surface area contributed by atoms with E-state index in [4.69, 9.17) is 9.15 Å². The molecule has 2 aliphatic rings. The van der Waals surface area contributed by atoms with Gasteiger partial charge in [0.25, 0.3) is 0 Å². The summed E-state index contributed by atoms with van der Waals surface area (Å²) in [6, 6.07) is 0.232. The number of carbonyl (C=O) groups is 1. The first-order valence-electron chi connectivity index (χ1n) is 7.12. The summed E-state index contributed by atoms with van der Waals surface area (Å²) in [5, 5.41) is 3.37. The van der Waals surface area contributed by atoms with Crippen molar-refractivity contribution in [3.05, 3.63) is 17.3 Å². The number of amides is 1. The SMILES string of the molecule is CC(C)(C)OC(=O)N1Cc2nc(C3CCCN3)oc2C1. The number of ether oxygens (including phenoxy) is 1. The molecular weight excluding hydrogens is 258 g/mol. The van der Waals surface area contributed by atoms with Crippen LogP contribution in [0.5, 0.6) is 0 Å². The lowest BCUT2D eigenvalue weighted by molar-refractivity contribution is 0.0231. The summed E-state index contributed by atoms with van der Waals surface area (Å²) in [6.45, 7) is 7.52. The summed E-state index contributed by atoms with van der Waals surface area (Å²) < 4.78 is 11.2. The monoisotopic (exact) mass is 279 g/mol. The fourth-order valence-corrected chi connectivity index (χ4v) is 2.56. The highest BCUT2D eigenvalue weighted by Crippen LogP contribution is 2.30. The van der Waals surface area contributed by atoms with Gasteiger partial charge >= 0.3 is 6.09 Å². The quantitative estimate of drug-likeness (QED) is 0.854. The van der Waals surface area contributed by atoms with E-state index in [9.17, 15) is 4.79 Å². The van der Waals surface area contributed by atoms with E-state index in [-0.39, 0.29) is 12.1 Å². The molecular formula is C14H21N3O3. The van der Waals surface area contributed by atoms with E-state index in [2.05, 4.69) is 10.3 Å². The molecule has 1 N–H and O–H groups in total. The zero-order chi connectivity index (χ0) is 14.3. The molecule has 0 radical (unpaired) electrons. The third kappa shape index (κ3) is 2.65. The minimum atomic E-state index is -0.479. The van der Waals surface area contributed by atoms with Crippen LogP contribution >= 0.6 is 0 Å². The Hall–Kier alpha value is -1.56. The highest BCUT2D eigenvalue weighted by atomic mass is 16.6. The Morgan fingerprint density at radius 1 is 1.45 bits per heavy atom. The third-order valence-corrected chi connectivity index (χ3v) is 3.48. The van der Waals surface area contributed by atoms with Gasteiger partial charge in [-0.2, -0.15) is 0 Å². The zero-order valence-electron chi connectivity index (χ0n) is 12.2. The second-order valence-electron chi connectivity index (χ2n) is 6.41. The second-order valence-corrected chi connectivity index (χ2v) is 6.41. The Bertz CT molecular complexity index is 489. The Kier molecular flexibility index (Phi) is 3.20. The van der Waals surface area contributed by atoms with Crippen LogP contribution in [0.1, 0.15) is 57.0 Å². The molecule has 0 bridgehead atoms. The van der Waals surface area contributed by atoms with Gasteiger partial charge in [-0.15, -0.1) is 0 Å². The van der Waals surface area contributed by atoms with Crippen molar-refractivity contribution in [1.82, 2.24) is 15.2 Å². The zero-order valence-corrected chi connectivity index (χ0v) is 12.2. The van der Waals surface area contributed by atoms with Gasteiger partial charge in [-0.3, -0.25) is 4.90 Å². The molecule has 6 nitrogen and oxygen atoms in total. The molecule has 20 heavy (non-hydrogen) atoms. The lowest BCUT2D eigenvalue weighted by Gasteiger charge is -2.23. The molecule has 110 valence electrons. The average molecular weight is 279 g/mol. The highest BCUT2D eigenvalue weighted by molar-refractivity contribution is 5.68. The van der Waals surface area contributed by atoms with Gasteiger partial charge in [0.1, 0.15) is 17.1 Å². The van der Waals surface area contributed by atoms with Gasteiger partial charge in [-0.05, 0) is 40.2 Å². The van der Waals surface area contributed by atoms with E-state index in [0.717, 1.165) is 36.7 Å². The number of oxazole rings is 1. The summed E-state index contributed by atoms with van der Waals surface area (Å²) in [5.74, 6) is 1.55. The van der Waals surface area contributed by atoms with Gasteiger partial charge in [0.15, 0.2) is 0 Å². The molecule has 1 fully saturated rings. The van der Waals surface area contributed by atoms with Crippen LogP contribution in [0, 0.1) is 0 Å². The first kappa shape index (κ1) is 13.4. The van der Waals surface area contributed by atoms with E-state index in [0.29, 0.717) is 13.1 Å². The second kappa shape index (κ2) is 4.77. The van der Waals surface area contributed by atoms with E-state index in [1.54, 1.807) is 4.90 Å². The Morgan fingerprint density at radius 2 is 2.25 bits per heavy atom. The molecule has 1 aromatic rings. The van der Waals surface area contributed by atoms with Crippen molar-refractivity contribution in [1.29, 1.82) is 0 Å². The van der Waals surface area contributed by atoms with Crippen LogP contribution in [0.25, 0.3) is 0 Å². The third-order valence-electron chi connectivity index (χ3n) is 3.48. The molecule has 3 rings (SSSR count). The van der Waals surface area contributed by atoms with Crippen molar-refractivity contribution < 1.29 is 13.9 Å². The van der Waals surface area contributed by atoms with Crippen LogP contribution in [-0.4, -0.2) is 28.1 Å². The normalized spacial score (nSPS) is 22.1. The molecule has 1 saturated heterocycles. The van der Waals surface area contributed by atoms with Crippen molar-refractivity contribution in [2.24, 2.45) is 0 Å². The number of nitrogens with one attached hydrogen (secondary N) is 1. The van der Waals surface area contributed by atoms with Gasteiger partial charge < -0.3 is 14.5 Å². The minimum Gasteiger partial charge on any atom is -0.444 e. The maximum atomic E-state index is 12.0. The van der Waals surface area contributed by atoms with Gasteiger partial charge in [-0.25, -0.2) is 9.78 Å². The molecule has 2 aliphatic heterocycles. The maximum absolute atomic E-state index is 12.0. The van der Waals surface area contributed by atoms with Crippen molar-refractivity contribution in [3.8, 4) is 0 Å². The van der Waals surface area contributed by atoms with Crippen LogP contribution in [0.4, 0.5) is 4.79 Å². The first-order valence-corrected chi connectivity index (χ1v) is 7.12. The molecule has 1 atom stereocenters. The van der Waals surface area contributed by atoms with Gasteiger partial charge in [0, 0.05) is 0 Å². The van der Waals surface area contributed by atoms with E-state index in [1.807, 2.05) is 20.8 Å². The summed E-state index contributed by atoms with van der Waals surface area (Å²) in [5.41, 5.74) is 0.382. The molecule has 3 heterocycles. The molecule has 6 heteroatoms. The molecule has 1 aromatic heterocycles. The molecule has 0 spiro atoms. The summed E-state index contributed by atoms with van der Waals surface area (Å²) in [4.78, 5) is 18.1. The largest absolute Gasteiger partial charge is 0.444 e. The van der Waals surface area contributed by atoms with Crippen molar-refractivity contribution >= 4 is 6.09 Å². The van der Waals surface area contributed by atoms with Crippen molar-refractivity contribution in [2.75, 3.05) is 6.54 Å². The molecule has 0 saturated carbocycles. The topological polar surface area (TPSA) is 67.6 Å². The van der Waals surface area contributed by atoms with Crippen LogP contribution in [0.3, 0.4) is 0 Å². The number of hydrogen-bond acceptors (Lipinski definition) is 5. The standard InChI is InChI=1S/C14H21N3O3/c1-14(2,3)20-13(18)17-7-10-11(8-17)19-12(16-10)9-5-4-6-15-9/h9,15H,4-8H2,1-3H3. The average Bonchev–Trinajstić information content (AvgIpc) is 3.01. The smallest absolute Gasteiger partial charge is 0.411 e. The van der Waals surface area contributed by atoms with Crippen molar-refractivity contribution in [2.45, 2.75) is 58.3 Å². The number of aromatic nitrogens is 1. The van der Waals surface area contributed by atoms with Crippen LogP contribution in [0.15, 0.2) is 4.42 Å². The number of nitrogens with zero attached hydrogens (tertiary/aromatic N) is 2. The fourth-order valence-electron chi connectivity index (χ4n) is 2.56. The predicted octanol–water partition coefficient (Wildman–Crippen LogP) is 2.35. The van der Waals surface area contributed by atoms with E-state index >= 15 is 0 Å². The molecule has 1 unspecified atom stereocenters. The number of hydrogen-bond donors (Lipinski definition) is 1. The number of carbonyl (C=O) groups excluding carboxylic acids is 1. The molecule has 1 amide bonds. The highest BCUT2D eigenvalue weighted by Gasteiger charge is 2.33. The van der Waals surface area contributed by atoms with E-state index < -0.39 is 5.60 Å².